The molecule has 0 aromatic rings. The van der Waals surface area contributed by atoms with Gasteiger partial charge in [0.15, 0.2) is 5.79 Å². The minimum absolute atomic E-state index is 0.000828. The second kappa shape index (κ2) is 14.1. The summed E-state index contributed by atoms with van der Waals surface area (Å²) in [6.45, 7) is 12.8. The highest BCUT2D eigenvalue weighted by atomic mass is 16.8. The Balaban J connectivity index is 0.938. The van der Waals surface area contributed by atoms with E-state index in [1.807, 2.05) is 6.92 Å². The lowest BCUT2D eigenvalue weighted by Crippen LogP contribution is -2.62. The lowest BCUT2D eigenvalue weighted by molar-refractivity contribution is -0.293. The summed E-state index contributed by atoms with van der Waals surface area (Å²) in [5, 5.41) is 20.7. The molecule has 11 fully saturated rings. The van der Waals surface area contributed by atoms with Crippen LogP contribution in [-0.2, 0) is 52.2 Å². The van der Waals surface area contributed by atoms with Crippen LogP contribution in [0.1, 0.15) is 90.9 Å². The Morgan fingerprint density at radius 1 is 0.667 bits per heavy atom. The first-order valence-electron chi connectivity index (χ1n) is 20.8. The SMILES string of the molecule is C=C1C[C@@H]2CC[C@@]34C[C@@H]5O[C@@H]6C(O[C@H]7CC[C@H](CC(=O)O[C@@H]8[C@@H](C)[C@@H]9O[C@H](CO)[C@@H](O)C[C@@H]9O[C@H]8C[C@H]8O[C@@H](CC[C@@H]1O2)C[C@@H](C)C8=C)O[C@@H]7[C@@H]6O3)[C@@H]5O4. The maximum Gasteiger partial charge on any atom is 0.308 e. The van der Waals surface area contributed by atoms with Crippen LogP contribution in [-0.4, -0.2) is 138 Å². The van der Waals surface area contributed by atoms with Crippen LogP contribution in [0, 0.1) is 11.8 Å². The van der Waals surface area contributed by atoms with Gasteiger partial charge in [0.25, 0.3) is 0 Å². The summed E-state index contributed by atoms with van der Waals surface area (Å²) < 4.78 is 66.5. The van der Waals surface area contributed by atoms with Gasteiger partial charge in [-0.1, -0.05) is 27.0 Å². The van der Waals surface area contributed by atoms with Crippen molar-refractivity contribution in [3.63, 3.8) is 0 Å². The molecule has 1 unspecified atom stereocenters. The summed E-state index contributed by atoms with van der Waals surface area (Å²) >= 11 is 0. The lowest BCUT2D eigenvalue weighted by Gasteiger charge is -2.51. The first-order valence-corrected chi connectivity index (χ1v) is 20.8. The number of hydrogen-bond donors (Lipinski definition) is 2. The smallest absolute Gasteiger partial charge is 0.308 e. The van der Waals surface area contributed by atoms with Crippen LogP contribution < -0.4 is 0 Å². The molecule has 11 saturated heterocycles. The first kappa shape index (κ1) is 36.8. The highest BCUT2D eigenvalue weighted by Crippen LogP contribution is 2.54. The number of esters is 1. The number of rotatable bonds is 1. The fourth-order valence-corrected chi connectivity index (χ4v) is 11.7. The van der Waals surface area contributed by atoms with Crippen molar-refractivity contribution in [2.24, 2.45) is 11.8 Å². The van der Waals surface area contributed by atoms with Crippen molar-refractivity contribution in [2.75, 3.05) is 6.61 Å². The Morgan fingerprint density at radius 2 is 1.41 bits per heavy atom. The van der Waals surface area contributed by atoms with Crippen molar-refractivity contribution in [2.45, 2.75) is 207 Å². The molecule has 11 aliphatic rings. The van der Waals surface area contributed by atoms with Gasteiger partial charge in [0.05, 0.1) is 80.2 Å². The molecule has 54 heavy (non-hydrogen) atoms. The number of carbonyl (C=O) groups is 1. The predicted molar refractivity (Wildman–Crippen MR) is 188 cm³/mol. The summed E-state index contributed by atoms with van der Waals surface area (Å²) in [4.78, 5) is 14.0. The molecule has 11 aliphatic heterocycles. The second-order valence-electron chi connectivity index (χ2n) is 18.1. The van der Waals surface area contributed by atoms with Crippen molar-refractivity contribution in [3.05, 3.63) is 24.3 Å². The molecule has 11 heterocycles. The molecule has 11 rings (SSSR count). The van der Waals surface area contributed by atoms with Crippen LogP contribution in [0.3, 0.4) is 0 Å². The van der Waals surface area contributed by atoms with Crippen LogP contribution in [0.25, 0.3) is 0 Å². The Kier molecular flexibility index (Phi) is 9.62. The van der Waals surface area contributed by atoms with Gasteiger partial charge in [-0.3, -0.25) is 4.79 Å². The van der Waals surface area contributed by atoms with E-state index in [0.29, 0.717) is 32.1 Å². The molecule has 0 amide bonds. The van der Waals surface area contributed by atoms with Crippen molar-refractivity contribution < 1.29 is 62.4 Å². The quantitative estimate of drug-likeness (QED) is 0.298. The van der Waals surface area contributed by atoms with E-state index >= 15 is 0 Å². The van der Waals surface area contributed by atoms with E-state index in [1.54, 1.807) is 0 Å². The maximum atomic E-state index is 14.0. The first-order chi connectivity index (χ1) is 26.0. The third-order valence-corrected chi connectivity index (χ3v) is 14.6. The van der Waals surface area contributed by atoms with Crippen molar-refractivity contribution >= 4 is 5.97 Å². The Morgan fingerprint density at radius 3 is 2.26 bits per heavy atom. The Bertz CT molecular complexity index is 1470. The molecule has 0 aromatic carbocycles. The number of fused-ring (bicyclic) bond motifs is 7. The zero-order chi connectivity index (χ0) is 37.0. The van der Waals surface area contributed by atoms with Crippen LogP contribution in [0.15, 0.2) is 24.3 Å². The summed E-state index contributed by atoms with van der Waals surface area (Å²) in [6.07, 6.45) is 1.52. The molecule has 13 heteroatoms. The fourth-order valence-electron chi connectivity index (χ4n) is 11.7. The number of carbonyl (C=O) groups excluding carboxylic acids is 1. The van der Waals surface area contributed by atoms with E-state index in [0.717, 1.165) is 49.7 Å². The zero-order valence-corrected chi connectivity index (χ0v) is 31.5. The molecule has 0 radical (unpaired) electrons. The van der Waals surface area contributed by atoms with E-state index in [-0.39, 0.29) is 91.9 Å². The number of aliphatic hydroxyl groups excluding tert-OH is 2. The average molecular weight is 759 g/mol. The van der Waals surface area contributed by atoms with E-state index in [1.165, 1.54) is 0 Å². The maximum absolute atomic E-state index is 14.0. The summed E-state index contributed by atoms with van der Waals surface area (Å²) in [7, 11) is 0. The van der Waals surface area contributed by atoms with E-state index in [2.05, 4.69) is 20.1 Å². The van der Waals surface area contributed by atoms with Gasteiger partial charge in [0.1, 0.15) is 42.7 Å². The van der Waals surface area contributed by atoms with E-state index in [9.17, 15) is 15.0 Å². The van der Waals surface area contributed by atoms with Crippen molar-refractivity contribution in [1.82, 2.24) is 0 Å². The molecular formula is C41H58O13. The Labute approximate surface area is 317 Å². The minimum atomic E-state index is -0.863. The summed E-state index contributed by atoms with van der Waals surface area (Å²) in [5.41, 5.74) is 2.13. The standard InChI is InChI=1S/C41H58O13/c1-18-11-22-5-7-26-19(2)12-24(45-26)9-10-41-16-31-37(53-41)38-39(50-31)40(54-41)36-27(49-38)8-6-23(47-36)13-33(44)52-35-21(4)34-29(14-25(43)32(17-42)51-34)48-30(35)15-28(46-22)20(18)3/h18,21-32,34-40,42-43H,2-3,5-17H2,1,4H3/t18-,21+,22+,23-,24+,25+,26+,27+,28-,29+,30+,31+,32-,34+,35-,36+,37-,38?,39-,40+,41+/m1/s1. The monoisotopic (exact) mass is 758 g/mol. The predicted octanol–water partition coefficient (Wildman–Crippen LogP) is 3.20. The number of aliphatic hydroxyl groups is 2. The molecule has 21 atom stereocenters. The van der Waals surface area contributed by atoms with Gasteiger partial charge in [-0.2, -0.15) is 0 Å². The van der Waals surface area contributed by atoms with Gasteiger partial charge in [-0.25, -0.2) is 0 Å². The van der Waals surface area contributed by atoms with Crippen molar-refractivity contribution in [1.29, 1.82) is 0 Å². The van der Waals surface area contributed by atoms with E-state index in [4.69, 9.17) is 47.4 Å². The zero-order valence-electron chi connectivity index (χ0n) is 31.5. The third kappa shape index (κ3) is 6.36. The largest absolute Gasteiger partial charge is 0.459 e. The molecule has 0 aliphatic carbocycles. The molecular weight excluding hydrogens is 700 g/mol. The van der Waals surface area contributed by atoms with Crippen LogP contribution >= 0.6 is 0 Å². The topological polar surface area (TPSA) is 150 Å². The van der Waals surface area contributed by atoms with Crippen LogP contribution in [0.4, 0.5) is 0 Å². The molecule has 1 spiro atoms. The second-order valence-corrected chi connectivity index (χ2v) is 18.1. The molecule has 2 N–H and O–H groups in total. The lowest BCUT2D eigenvalue weighted by atomic mass is 9.79. The summed E-state index contributed by atoms with van der Waals surface area (Å²) in [6, 6.07) is 0. The molecule has 0 aromatic heterocycles. The third-order valence-electron chi connectivity index (χ3n) is 14.6. The van der Waals surface area contributed by atoms with Gasteiger partial charge in [-0.05, 0) is 62.0 Å². The number of hydrogen-bond acceptors (Lipinski definition) is 13. The number of ether oxygens (including phenoxy) is 10. The average Bonchev–Trinajstić information content (AvgIpc) is 3.73. The molecule has 0 saturated carbocycles. The molecule has 300 valence electrons. The minimum Gasteiger partial charge on any atom is -0.459 e. The van der Waals surface area contributed by atoms with Crippen LogP contribution in [0.5, 0.6) is 0 Å². The van der Waals surface area contributed by atoms with E-state index < -0.39 is 54.6 Å². The fraction of sp³-hybridized carbons (Fsp3) is 0.878. The van der Waals surface area contributed by atoms with Gasteiger partial charge in [-0.15, -0.1) is 0 Å². The van der Waals surface area contributed by atoms with Gasteiger partial charge >= 0.3 is 5.97 Å². The normalized spacial score (nSPS) is 55.7. The van der Waals surface area contributed by atoms with Gasteiger partial charge in [0.2, 0.25) is 0 Å². The Hall–Kier alpha value is -1.49. The van der Waals surface area contributed by atoms with Crippen LogP contribution in [0.2, 0.25) is 0 Å². The summed E-state index contributed by atoms with van der Waals surface area (Å²) in [5.74, 6) is -1.22. The van der Waals surface area contributed by atoms with Crippen molar-refractivity contribution in [3.8, 4) is 0 Å². The highest BCUT2D eigenvalue weighted by Gasteiger charge is 2.69. The molecule has 12 bridgehead atoms. The van der Waals surface area contributed by atoms with Gasteiger partial charge < -0.3 is 57.6 Å². The van der Waals surface area contributed by atoms with Gasteiger partial charge in [0, 0.05) is 31.6 Å². The molecule has 13 nitrogen and oxygen atoms in total. The highest BCUT2D eigenvalue weighted by molar-refractivity contribution is 5.70.